The van der Waals surface area contributed by atoms with Gasteiger partial charge in [-0.2, -0.15) is 0 Å². The van der Waals surface area contributed by atoms with E-state index in [0.717, 1.165) is 8.47 Å². The fourth-order valence-electron chi connectivity index (χ4n) is 2.79. The number of halogens is 1. The Labute approximate surface area is 184 Å². The molecule has 2 aromatic heterocycles. The Hall–Kier alpha value is -1.84. The molecule has 0 spiro atoms. The maximum absolute atomic E-state index is 12.1. The number of nitrogens with one attached hydrogen (secondary N) is 1. The predicted molar refractivity (Wildman–Crippen MR) is 117 cm³/mol. The lowest BCUT2D eigenvalue weighted by molar-refractivity contribution is 0.174. The number of fused-ring (bicyclic) bond motifs is 2. The minimum absolute atomic E-state index is 0.109. The summed E-state index contributed by atoms with van der Waals surface area (Å²) in [7, 11) is -3.41. The Morgan fingerprint density at radius 1 is 1.31 bits per heavy atom. The molecule has 0 radical (unpaired) electrons. The summed E-state index contributed by atoms with van der Waals surface area (Å²) >= 11 is 3.59. The predicted octanol–water partition coefficient (Wildman–Crippen LogP) is 1.83. The van der Waals surface area contributed by atoms with Crippen molar-refractivity contribution in [1.29, 1.82) is 0 Å². The number of benzene rings is 1. The first kappa shape index (κ1) is 20.4. The largest absolute Gasteiger partial charge is 0.454 e. The average molecular weight is 548 g/mol. The van der Waals surface area contributed by atoms with Crippen molar-refractivity contribution in [1.82, 2.24) is 24.2 Å². The maximum atomic E-state index is 12.1. The van der Waals surface area contributed by atoms with Crippen LogP contribution in [0.3, 0.4) is 0 Å². The van der Waals surface area contributed by atoms with Crippen LogP contribution in [0.1, 0.15) is 6.92 Å². The van der Waals surface area contributed by atoms with Crippen molar-refractivity contribution >= 4 is 61.4 Å². The second-order valence-electron chi connectivity index (χ2n) is 6.03. The van der Waals surface area contributed by atoms with Crippen LogP contribution >= 0.6 is 34.4 Å². The van der Waals surface area contributed by atoms with Crippen LogP contribution in [0.25, 0.3) is 11.2 Å². The highest BCUT2D eigenvalue weighted by atomic mass is 127. The quantitative estimate of drug-likeness (QED) is 0.424. The van der Waals surface area contributed by atoms with E-state index >= 15 is 0 Å². The SMILES string of the molecule is CCNS(=O)(=O)CCn1c(Sc2cc3c(cc2I)OCO3)nc2c(N)ncnc21. The van der Waals surface area contributed by atoms with Crippen LogP contribution in [0.5, 0.6) is 11.5 Å². The number of rotatable bonds is 7. The molecule has 3 aromatic rings. The minimum Gasteiger partial charge on any atom is -0.454 e. The molecular weight excluding hydrogens is 531 g/mol. The monoisotopic (exact) mass is 548 g/mol. The molecule has 154 valence electrons. The highest BCUT2D eigenvalue weighted by Gasteiger charge is 2.21. The smallest absolute Gasteiger partial charge is 0.231 e. The molecule has 3 N–H and O–H groups in total. The van der Waals surface area contributed by atoms with Gasteiger partial charge in [-0.15, -0.1) is 0 Å². The number of sulfonamides is 1. The topological polar surface area (TPSA) is 134 Å². The Morgan fingerprint density at radius 2 is 2.07 bits per heavy atom. The number of hydrogen-bond acceptors (Lipinski definition) is 9. The van der Waals surface area contributed by atoms with Crippen LogP contribution < -0.4 is 19.9 Å². The van der Waals surface area contributed by atoms with Crippen molar-refractivity contribution in [3.63, 3.8) is 0 Å². The van der Waals surface area contributed by atoms with Gasteiger partial charge < -0.3 is 19.8 Å². The number of anilines is 1. The second kappa shape index (κ2) is 8.12. The Kier molecular flexibility index (Phi) is 5.72. The summed E-state index contributed by atoms with van der Waals surface area (Å²) in [6.45, 7) is 2.43. The van der Waals surface area contributed by atoms with Gasteiger partial charge >= 0.3 is 0 Å². The molecule has 29 heavy (non-hydrogen) atoms. The van der Waals surface area contributed by atoms with E-state index in [1.54, 1.807) is 11.5 Å². The lowest BCUT2D eigenvalue weighted by Gasteiger charge is -2.10. The summed E-state index contributed by atoms with van der Waals surface area (Å²) < 4.78 is 40.3. The standard InChI is InChI=1S/C16H17IN6O4S2/c1-2-21-29(24,25)4-3-23-15-13(14(18)19-7-20-15)22-16(23)28-12-6-11-10(5-9(12)17)26-8-27-11/h5-7,21H,2-4,8H2,1H3,(H2,18,19,20). The molecule has 0 amide bonds. The molecule has 0 fully saturated rings. The number of imidazole rings is 1. The van der Waals surface area contributed by atoms with Gasteiger partial charge in [-0.25, -0.2) is 28.1 Å². The zero-order valence-corrected chi connectivity index (χ0v) is 19.0. The lowest BCUT2D eigenvalue weighted by Crippen LogP contribution is -2.28. The molecule has 1 aromatic carbocycles. The van der Waals surface area contributed by atoms with Crippen LogP contribution in [0.2, 0.25) is 0 Å². The Bertz CT molecular complexity index is 1180. The highest BCUT2D eigenvalue weighted by Crippen LogP contribution is 2.41. The minimum atomic E-state index is -3.41. The van der Waals surface area contributed by atoms with Crippen LogP contribution in [-0.2, 0) is 16.6 Å². The molecule has 0 bridgehead atoms. The second-order valence-corrected chi connectivity index (χ2v) is 10.1. The molecule has 13 heteroatoms. The van der Waals surface area contributed by atoms with E-state index in [4.69, 9.17) is 15.2 Å². The van der Waals surface area contributed by atoms with Crippen molar-refractivity contribution in [2.24, 2.45) is 0 Å². The van der Waals surface area contributed by atoms with Crippen LogP contribution in [0.4, 0.5) is 5.82 Å². The number of hydrogen-bond donors (Lipinski definition) is 2. The number of aromatic nitrogens is 4. The van der Waals surface area contributed by atoms with E-state index in [-0.39, 0.29) is 24.9 Å². The fraction of sp³-hybridized carbons (Fsp3) is 0.312. The van der Waals surface area contributed by atoms with Gasteiger partial charge in [0.25, 0.3) is 0 Å². The van der Waals surface area contributed by atoms with Crippen LogP contribution in [-0.4, -0.2) is 47.0 Å². The number of ether oxygens (including phenoxy) is 2. The first-order chi connectivity index (χ1) is 13.9. The number of nitrogens with zero attached hydrogens (tertiary/aromatic N) is 4. The van der Waals surface area contributed by atoms with Crippen LogP contribution in [0, 0.1) is 3.57 Å². The van der Waals surface area contributed by atoms with E-state index in [2.05, 4.69) is 42.3 Å². The summed E-state index contributed by atoms with van der Waals surface area (Å²) in [6, 6.07) is 3.77. The molecule has 1 aliphatic heterocycles. The van der Waals surface area contributed by atoms with Gasteiger partial charge in [-0.1, -0.05) is 18.7 Å². The van der Waals surface area contributed by atoms with Gasteiger partial charge in [0, 0.05) is 21.6 Å². The fourth-order valence-corrected chi connectivity index (χ4v) is 5.51. The Balaban J connectivity index is 1.73. The van der Waals surface area contributed by atoms with E-state index in [9.17, 15) is 8.42 Å². The molecule has 10 nitrogen and oxygen atoms in total. The molecule has 0 saturated carbocycles. The summed E-state index contributed by atoms with van der Waals surface area (Å²) in [5.74, 6) is 1.48. The molecule has 3 heterocycles. The first-order valence-corrected chi connectivity index (χ1v) is 12.1. The molecule has 0 unspecified atom stereocenters. The van der Waals surface area contributed by atoms with Gasteiger partial charge in [-0.3, -0.25) is 0 Å². The van der Waals surface area contributed by atoms with Crippen molar-refractivity contribution in [2.75, 3.05) is 24.8 Å². The summed E-state index contributed by atoms with van der Waals surface area (Å²) in [5, 5.41) is 0.565. The number of nitrogens with two attached hydrogens (primary N) is 1. The van der Waals surface area contributed by atoms with Gasteiger partial charge in [0.05, 0.1) is 5.75 Å². The Morgan fingerprint density at radius 3 is 2.83 bits per heavy atom. The van der Waals surface area contributed by atoms with E-state index < -0.39 is 10.0 Å². The molecule has 0 atom stereocenters. The zero-order valence-electron chi connectivity index (χ0n) is 15.3. The summed E-state index contributed by atoms with van der Waals surface area (Å²) in [6.07, 6.45) is 1.34. The highest BCUT2D eigenvalue weighted by molar-refractivity contribution is 14.1. The molecule has 0 aliphatic carbocycles. The van der Waals surface area contributed by atoms with Crippen molar-refractivity contribution in [3.05, 3.63) is 22.0 Å². The van der Waals surface area contributed by atoms with Crippen molar-refractivity contribution < 1.29 is 17.9 Å². The first-order valence-electron chi connectivity index (χ1n) is 8.59. The van der Waals surface area contributed by atoms with Crippen molar-refractivity contribution in [3.8, 4) is 11.5 Å². The number of nitrogen functional groups attached to an aromatic ring is 1. The van der Waals surface area contributed by atoms with Gasteiger partial charge in [0.2, 0.25) is 16.8 Å². The third-order valence-electron chi connectivity index (χ3n) is 4.10. The van der Waals surface area contributed by atoms with E-state index in [1.165, 1.54) is 18.1 Å². The summed E-state index contributed by atoms with van der Waals surface area (Å²) in [4.78, 5) is 13.7. The molecule has 0 saturated heterocycles. The zero-order chi connectivity index (χ0) is 20.6. The van der Waals surface area contributed by atoms with Gasteiger partial charge in [0.1, 0.15) is 6.33 Å². The van der Waals surface area contributed by atoms with Gasteiger partial charge in [0.15, 0.2) is 33.6 Å². The molecule has 4 rings (SSSR count). The third-order valence-corrected chi connectivity index (χ3v) is 7.86. The van der Waals surface area contributed by atoms with E-state index in [1.807, 2.05) is 12.1 Å². The number of aryl methyl sites for hydroxylation is 1. The average Bonchev–Trinajstić information content (AvgIpc) is 3.25. The third kappa shape index (κ3) is 4.22. The van der Waals surface area contributed by atoms with Crippen molar-refractivity contribution in [2.45, 2.75) is 23.5 Å². The normalized spacial score (nSPS) is 13.3. The lowest BCUT2D eigenvalue weighted by atomic mass is 10.3. The summed E-state index contributed by atoms with van der Waals surface area (Å²) in [5.41, 5.74) is 6.89. The molecular formula is C16H17IN6O4S2. The van der Waals surface area contributed by atoms with E-state index in [0.29, 0.717) is 34.4 Å². The maximum Gasteiger partial charge on any atom is 0.231 e. The van der Waals surface area contributed by atoms with Gasteiger partial charge in [-0.05, 0) is 34.7 Å². The van der Waals surface area contributed by atoms with Crippen LogP contribution in [0.15, 0.2) is 28.5 Å². The molecule has 1 aliphatic rings.